The fraction of sp³-hybridized carbons (Fsp3) is 0.800. The highest BCUT2D eigenvalue weighted by atomic mass is 16.3. The molecule has 2 heteroatoms. The van der Waals surface area contributed by atoms with Crippen LogP contribution in [-0.2, 0) is 0 Å². The second-order valence-corrected chi connectivity index (χ2v) is 3.69. The second-order valence-electron chi connectivity index (χ2n) is 3.69. The van der Waals surface area contributed by atoms with E-state index in [-0.39, 0.29) is 6.04 Å². The smallest absolute Gasteiger partial charge is 0.0741 e. The number of aliphatic hydroxyl groups is 1. The molecule has 2 N–H and O–H groups in total. The Labute approximate surface area is 75.7 Å². The minimum atomic E-state index is -0.629. The van der Waals surface area contributed by atoms with Crippen molar-refractivity contribution in [2.75, 3.05) is 6.54 Å². The third-order valence-corrected chi connectivity index (χ3v) is 2.06. The summed E-state index contributed by atoms with van der Waals surface area (Å²) < 4.78 is 0. The van der Waals surface area contributed by atoms with Crippen molar-refractivity contribution in [2.45, 2.75) is 45.8 Å². The van der Waals surface area contributed by atoms with E-state index in [0.717, 1.165) is 13.0 Å². The normalized spacial score (nSPS) is 15.4. The minimum absolute atomic E-state index is 0.141. The lowest BCUT2D eigenvalue weighted by atomic mass is 10.0. The summed E-state index contributed by atoms with van der Waals surface area (Å²) in [5.41, 5.74) is -0.629. The SMILES string of the molecule is C/C=C/CCNC(C)C(C)(C)O. The largest absolute Gasteiger partial charge is 0.389 e. The summed E-state index contributed by atoms with van der Waals surface area (Å²) >= 11 is 0. The molecule has 0 aliphatic carbocycles. The number of rotatable bonds is 5. The molecule has 0 saturated heterocycles. The fourth-order valence-electron chi connectivity index (χ4n) is 0.800. The first kappa shape index (κ1) is 11.7. The van der Waals surface area contributed by atoms with Crippen LogP contribution in [0.3, 0.4) is 0 Å². The Morgan fingerprint density at radius 3 is 2.50 bits per heavy atom. The lowest BCUT2D eigenvalue weighted by molar-refractivity contribution is 0.0447. The molecule has 0 fully saturated rings. The Morgan fingerprint density at radius 2 is 2.08 bits per heavy atom. The molecule has 1 unspecified atom stereocenters. The van der Waals surface area contributed by atoms with Crippen LogP contribution in [-0.4, -0.2) is 23.3 Å². The van der Waals surface area contributed by atoms with Crippen LogP contribution >= 0.6 is 0 Å². The fourth-order valence-corrected chi connectivity index (χ4v) is 0.800. The Bertz CT molecular complexity index is 135. The number of nitrogens with one attached hydrogen (secondary N) is 1. The van der Waals surface area contributed by atoms with Crippen molar-refractivity contribution in [1.29, 1.82) is 0 Å². The molecule has 0 amide bonds. The first-order valence-corrected chi connectivity index (χ1v) is 4.55. The Kier molecular flexibility index (Phi) is 5.18. The quantitative estimate of drug-likeness (QED) is 0.487. The molecule has 0 aromatic heterocycles. The van der Waals surface area contributed by atoms with Crippen molar-refractivity contribution in [3.05, 3.63) is 12.2 Å². The summed E-state index contributed by atoms with van der Waals surface area (Å²) in [5, 5.41) is 12.8. The molecule has 0 spiro atoms. The van der Waals surface area contributed by atoms with Crippen molar-refractivity contribution in [3.8, 4) is 0 Å². The first-order chi connectivity index (χ1) is 5.48. The molecule has 0 aromatic rings. The predicted molar refractivity (Wildman–Crippen MR) is 53.2 cm³/mol. The number of hydrogen-bond donors (Lipinski definition) is 2. The van der Waals surface area contributed by atoms with E-state index in [4.69, 9.17) is 0 Å². The van der Waals surface area contributed by atoms with Gasteiger partial charge in [-0.05, 0) is 40.7 Å². The third-order valence-electron chi connectivity index (χ3n) is 2.06. The standard InChI is InChI=1S/C10H21NO/c1-5-6-7-8-11-9(2)10(3,4)12/h5-6,9,11-12H,7-8H2,1-4H3/b6-5+. The van der Waals surface area contributed by atoms with Crippen LogP contribution in [0.2, 0.25) is 0 Å². The van der Waals surface area contributed by atoms with Crippen molar-refractivity contribution < 1.29 is 5.11 Å². The zero-order chi connectivity index (χ0) is 9.61. The molecule has 2 nitrogen and oxygen atoms in total. The molecule has 0 aliphatic rings. The van der Waals surface area contributed by atoms with Gasteiger partial charge in [-0.25, -0.2) is 0 Å². The molecule has 0 aromatic carbocycles. The van der Waals surface area contributed by atoms with Crippen LogP contribution in [0, 0.1) is 0 Å². The first-order valence-electron chi connectivity index (χ1n) is 4.55. The van der Waals surface area contributed by atoms with Gasteiger partial charge in [0.1, 0.15) is 0 Å². The second kappa shape index (κ2) is 5.33. The summed E-state index contributed by atoms with van der Waals surface area (Å²) in [6.45, 7) is 8.57. The van der Waals surface area contributed by atoms with Crippen LogP contribution in [0.25, 0.3) is 0 Å². The van der Waals surface area contributed by atoms with Gasteiger partial charge < -0.3 is 10.4 Å². The molecular weight excluding hydrogens is 150 g/mol. The molecule has 12 heavy (non-hydrogen) atoms. The third kappa shape index (κ3) is 5.33. The Hall–Kier alpha value is -0.340. The average molecular weight is 171 g/mol. The highest BCUT2D eigenvalue weighted by Gasteiger charge is 2.20. The lowest BCUT2D eigenvalue weighted by Gasteiger charge is -2.26. The van der Waals surface area contributed by atoms with E-state index in [1.807, 2.05) is 33.8 Å². The lowest BCUT2D eigenvalue weighted by Crippen LogP contribution is -2.44. The molecule has 0 heterocycles. The van der Waals surface area contributed by atoms with E-state index in [0.29, 0.717) is 0 Å². The summed E-state index contributed by atoms with van der Waals surface area (Å²) in [4.78, 5) is 0. The van der Waals surface area contributed by atoms with E-state index in [1.54, 1.807) is 0 Å². The highest BCUT2D eigenvalue weighted by molar-refractivity contribution is 4.82. The van der Waals surface area contributed by atoms with Gasteiger partial charge in [-0.3, -0.25) is 0 Å². The highest BCUT2D eigenvalue weighted by Crippen LogP contribution is 2.06. The number of allylic oxidation sites excluding steroid dienone is 1. The van der Waals surface area contributed by atoms with Gasteiger partial charge in [0.2, 0.25) is 0 Å². The van der Waals surface area contributed by atoms with Crippen LogP contribution in [0.5, 0.6) is 0 Å². The molecular formula is C10H21NO. The zero-order valence-electron chi connectivity index (χ0n) is 8.59. The van der Waals surface area contributed by atoms with Crippen LogP contribution in [0.15, 0.2) is 12.2 Å². The van der Waals surface area contributed by atoms with Gasteiger partial charge in [-0.2, -0.15) is 0 Å². The topological polar surface area (TPSA) is 32.3 Å². The Balaban J connectivity index is 3.51. The Morgan fingerprint density at radius 1 is 1.50 bits per heavy atom. The minimum Gasteiger partial charge on any atom is -0.389 e. The van der Waals surface area contributed by atoms with E-state index in [2.05, 4.69) is 11.4 Å². The average Bonchev–Trinajstić information content (AvgIpc) is 1.96. The zero-order valence-corrected chi connectivity index (χ0v) is 8.59. The molecule has 0 aliphatic heterocycles. The molecule has 72 valence electrons. The maximum Gasteiger partial charge on any atom is 0.0741 e. The molecule has 0 bridgehead atoms. The van der Waals surface area contributed by atoms with Crippen LogP contribution < -0.4 is 5.32 Å². The van der Waals surface area contributed by atoms with E-state index in [1.165, 1.54) is 0 Å². The van der Waals surface area contributed by atoms with Gasteiger partial charge in [0.15, 0.2) is 0 Å². The van der Waals surface area contributed by atoms with Gasteiger partial charge in [0.25, 0.3) is 0 Å². The summed E-state index contributed by atoms with van der Waals surface area (Å²) in [6.07, 6.45) is 5.18. The molecule has 0 saturated carbocycles. The van der Waals surface area contributed by atoms with Gasteiger partial charge >= 0.3 is 0 Å². The van der Waals surface area contributed by atoms with Crippen molar-refractivity contribution in [2.24, 2.45) is 0 Å². The summed E-state index contributed by atoms with van der Waals surface area (Å²) in [5.74, 6) is 0. The van der Waals surface area contributed by atoms with Gasteiger partial charge in [-0.15, -0.1) is 0 Å². The molecule has 0 radical (unpaired) electrons. The van der Waals surface area contributed by atoms with Gasteiger partial charge in [0.05, 0.1) is 5.60 Å². The number of hydrogen-bond acceptors (Lipinski definition) is 2. The van der Waals surface area contributed by atoms with E-state index < -0.39 is 5.60 Å². The summed E-state index contributed by atoms with van der Waals surface area (Å²) in [7, 11) is 0. The van der Waals surface area contributed by atoms with E-state index >= 15 is 0 Å². The molecule has 1 atom stereocenters. The summed E-state index contributed by atoms with van der Waals surface area (Å²) in [6, 6.07) is 0.141. The maximum atomic E-state index is 9.56. The monoisotopic (exact) mass is 171 g/mol. The van der Waals surface area contributed by atoms with Crippen LogP contribution in [0.1, 0.15) is 34.1 Å². The van der Waals surface area contributed by atoms with Crippen molar-refractivity contribution in [1.82, 2.24) is 5.32 Å². The molecule has 0 rings (SSSR count). The van der Waals surface area contributed by atoms with Crippen LogP contribution in [0.4, 0.5) is 0 Å². The van der Waals surface area contributed by atoms with Gasteiger partial charge in [-0.1, -0.05) is 12.2 Å². The van der Waals surface area contributed by atoms with Gasteiger partial charge in [0, 0.05) is 6.04 Å². The maximum absolute atomic E-state index is 9.56. The van der Waals surface area contributed by atoms with Crippen molar-refractivity contribution in [3.63, 3.8) is 0 Å². The van der Waals surface area contributed by atoms with Crippen molar-refractivity contribution >= 4 is 0 Å². The predicted octanol–water partition coefficient (Wildman–Crippen LogP) is 1.70. The van der Waals surface area contributed by atoms with E-state index in [9.17, 15) is 5.11 Å².